The van der Waals surface area contributed by atoms with Crippen LogP contribution in [0.3, 0.4) is 0 Å². The van der Waals surface area contributed by atoms with Gasteiger partial charge in [-0.05, 0) is 61.1 Å². The molecule has 1 aromatic heterocycles. The number of nitrogens with zero attached hydrogens (tertiary/aromatic N) is 4. The van der Waals surface area contributed by atoms with Gasteiger partial charge in [0, 0.05) is 12.3 Å². The Hall–Kier alpha value is -1.97. The minimum absolute atomic E-state index is 0.0899. The molecule has 1 aliphatic rings. The number of hydrogen-bond acceptors (Lipinski definition) is 7. The maximum Gasteiger partial charge on any atom is 0.253 e. The van der Waals surface area contributed by atoms with Crippen LogP contribution in [0.1, 0.15) is 26.2 Å². The normalized spacial score (nSPS) is 18.5. The number of carbonyl (C=O) groups excluding carboxylic acids is 1. The molecule has 0 bridgehead atoms. The van der Waals surface area contributed by atoms with Crippen LogP contribution < -0.4 is 5.32 Å². The van der Waals surface area contributed by atoms with Crippen molar-refractivity contribution < 1.29 is 14.3 Å². The third-order valence-electron chi connectivity index (χ3n) is 4.16. The van der Waals surface area contributed by atoms with Gasteiger partial charge < -0.3 is 14.8 Å². The van der Waals surface area contributed by atoms with Gasteiger partial charge in [0.25, 0.3) is 5.91 Å². The SMILES string of the molecule is CSc1nnnn1-c1cccc(NC(=O)C(C)OCC2CCCCO2)c1. The molecule has 1 amide bonds. The highest BCUT2D eigenvalue weighted by molar-refractivity contribution is 7.98. The van der Waals surface area contributed by atoms with Crippen LogP contribution in [0.5, 0.6) is 0 Å². The van der Waals surface area contributed by atoms with Gasteiger partial charge in [-0.15, -0.1) is 5.10 Å². The van der Waals surface area contributed by atoms with E-state index in [9.17, 15) is 4.79 Å². The van der Waals surface area contributed by atoms with Crippen LogP contribution in [0.15, 0.2) is 29.4 Å². The number of nitrogens with one attached hydrogen (secondary N) is 1. The van der Waals surface area contributed by atoms with Crippen molar-refractivity contribution >= 4 is 23.4 Å². The molecule has 0 radical (unpaired) electrons. The third-order valence-corrected chi connectivity index (χ3v) is 4.78. The Balaban J connectivity index is 1.57. The quantitative estimate of drug-likeness (QED) is 0.740. The first-order valence-electron chi connectivity index (χ1n) is 8.64. The Kier molecular flexibility index (Phi) is 6.59. The Morgan fingerprint density at radius 2 is 2.38 bits per heavy atom. The zero-order valence-electron chi connectivity index (χ0n) is 14.9. The highest BCUT2D eigenvalue weighted by atomic mass is 32.2. The van der Waals surface area contributed by atoms with Crippen LogP contribution in [0.2, 0.25) is 0 Å². The van der Waals surface area contributed by atoms with E-state index in [2.05, 4.69) is 20.8 Å². The number of amides is 1. The molecule has 9 heteroatoms. The molecule has 0 spiro atoms. The van der Waals surface area contributed by atoms with Crippen molar-refractivity contribution in [3.8, 4) is 5.69 Å². The number of tetrazole rings is 1. The fourth-order valence-electron chi connectivity index (χ4n) is 2.69. The summed E-state index contributed by atoms with van der Waals surface area (Å²) in [6.07, 6.45) is 4.67. The molecule has 1 fully saturated rings. The van der Waals surface area contributed by atoms with Crippen molar-refractivity contribution in [3.05, 3.63) is 24.3 Å². The second-order valence-electron chi connectivity index (χ2n) is 6.08. The van der Waals surface area contributed by atoms with Crippen molar-refractivity contribution in [1.82, 2.24) is 20.2 Å². The largest absolute Gasteiger partial charge is 0.376 e. The number of hydrogen-bond donors (Lipinski definition) is 1. The van der Waals surface area contributed by atoms with E-state index in [1.165, 1.54) is 11.8 Å². The highest BCUT2D eigenvalue weighted by Crippen LogP contribution is 2.19. The summed E-state index contributed by atoms with van der Waals surface area (Å²) in [4.78, 5) is 12.4. The zero-order chi connectivity index (χ0) is 18.4. The van der Waals surface area contributed by atoms with E-state index in [0.29, 0.717) is 17.5 Å². The van der Waals surface area contributed by atoms with Crippen LogP contribution in [0, 0.1) is 0 Å². The topological polar surface area (TPSA) is 91.2 Å². The smallest absolute Gasteiger partial charge is 0.253 e. The number of ether oxygens (including phenoxy) is 2. The van der Waals surface area contributed by atoms with Gasteiger partial charge in [0.1, 0.15) is 6.10 Å². The second kappa shape index (κ2) is 9.11. The van der Waals surface area contributed by atoms with Crippen LogP contribution in [0.25, 0.3) is 5.69 Å². The molecule has 3 rings (SSSR count). The van der Waals surface area contributed by atoms with Crippen LogP contribution >= 0.6 is 11.8 Å². The summed E-state index contributed by atoms with van der Waals surface area (Å²) in [5.41, 5.74) is 1.45. The Morgan fingerprint density at radius 3 is 3.15 bits per heavy atom. The lowest BCUT2D eigenvalue weighted by atomic mass is 10.1. The predicted octanol–water partition coefficient (Wildman–Crippen LogP) is 2.30. The third kappa shape index (κ3) is 4.80. The highest BCUT2D eigenvalue weighted by Gasteiger charge is 2.19. The van der Waals surface area contributed by atoms with Crippen LogP contribution in [-0.2, 0) is 14.3 Å². The molecule has 1 saturated heterocycles. The Labute approximate surface area is 156 Å². The molecular weight excluding hydrogens is 354 g/mol. The fraction of sp³-hybridized carbons (Fsp3) is 0.529. The van der Waals surface area contributed by atoms with Crippen molar-refractivity contribution in [1.29, 1.82) is 0 Å². The first-order valence-corrected chi connectivity index (χ1v) is 9.86. The van der Waals surface area contributed by atoms with E-state index in [0.717, 1.165) is 31.6 Å². The van der Waals surface area contributed by atoms with Gasteiger partial charge in [-0.1, -0.05) is 17.8 Å². The summed E-state index contributed by atoms with van der Waals surface area (Å²) in [7, 11) is 0. The van der Waals surface area contributed by atoms with Crippen molar-refractivity contribution in [2.24, 2.45) is 0 Å². The maximum atomic E-state index is 12.4. The van der Waals surface area contributed by atoms with Crippen LogP contribution in [0.4, 0.5) is 5.69 Å². The molecule has 1 aliphatic heterocycles. The van der Waals surface area contributed by atoms with Crippen molar-refractivity contribution in [2.45, 2.75) is 43.6 Å². The maximum absolute atomic E-state index is 12.4. The minimum atomic E-state index is -0.557. The second-order valence-corrected chi connectivity index (χ2v) is 6.85. The van der Waals surface area contributed by atoms with E-state index in [1.807, 2.05) is 30.5 Å². The molecule has 26 heavy (non-hydrogen) atoms. The van der Waals surface area contributed by atoms with Gasteiger partial charge in [-0.2, -0.15) is 4.68 Å². The van der Waals surface area contributed by atoms with Gasteiger partial charge in [0.2, 0.25) is 5.16 Å². The Morgan fingerprint density at radius 1 is 1.50 bits per heavy atom. The summed E-state index contributed by atoms with van der Waals surface area (Å²) in [6, 6.07) is 7.37. The van der Waals surface area contributed by atoms with Crippen LogP contribution in [-0.4, -0.2) is 57.8 Å². The van der Waals surface area contributed by atoms with E-state index in [-0.39, 0.29) is 12.0 Å². The van der Waals surface area contributed by atoms with Gasteiger partial charge in [-0.3, -0.25) is 4.79 Å². The first kappa shape index (κ1) is 18.8. The molecule has 2 aromatic rings. The number of rotatable bonds is 7. The van der Waals surface area contributed by atoms with Gasteiger partial charge in [0.05, 0.1) is 18.4 Å². The zero-order valence-corrected chi connectivity index (χ0v) is 15.7. The summed E-state index contributed by atoms with van der Waals surface area (Å²) < 4.78 is 12.9. The van der Waals surface area contributed by atoms with E-state index in [4.69, 9.17) is 9.47 Å². The molecule has 140 valence electrons. The minimum Gasteiger partial charge on any atom is -0.376 e. The molecule has 2 heterocycles. The lowest BCUT2D eigenvalue weighted by molar-refractivity contribution is -0.130. The molecule has 0 saturated carbocycles. The number of carbonyl (C=O) groups is 1. The van der Waals surface area contributed by atoms with Gasteiger partial charge in [0.15, 0.2) is 0 Å². The molecule has 1 aromatic carbocycles. The fourth-order valence-corrected chi connectivity index (χ4v) is 3.13. The summed E-state index contributed by atoms with van der Waals surface area (Å²) >= 11 is 1.45. The molecule has 1 N–H and O–H groups in total. The number of aromatic nitrogens is 4. The molecule has 2 unspecified atom stereocenters. The van der Waals surface area contributed by atoms with E-state index >= 15 is 0 Å². The van der Waals surface area contributed by atoms with Crippen molar-refractivity contribution in [3.63, 3.8) is 0 Å². The van der Waals surface area contributed by atoms with Gasteiger partial charge in [-0.25, -0.2) is 0 Å². The standard InChI is InChI=1S/C17H23N5O3S/c1-12(25-11-15-8-3-4-9-24-15)16(23)18-13-6-5-7-14(10-13)22-17(26-2)19-20-21-22/h5-7,10,12,15H,3-4,8-9,11H2,1-2H3,(H,18,23). The molecule has 2 atom stereocenters. The average molecular weight is 377 g/mol. The first-order chi connectivity index (χ1) is 12.7. The van der Waals surface area contributed by atoms with E-state index in [1.54, 1.807) is 11.6 Å². The number of anilines is 1. The summed E-state index contributed by atoms with van der Waals surface area (Å²) in [5.74, 6) is -0.195. The van der Waals surface area contributed by atoms with Gasteiger partial charge >= 0.3 is 0 Å². The Bertz CT molecular complexity index is 733. The molecular formula is C17H23N5O3S. The molecule has 0 aliphatic carbocycles. The number of thioether (sulfide) groups is 1. The van der Waals surface area contributed by atoms with E-state index < -0.39 is 6.10 Å². The van der Waals surface area contributed by atoms with Crippen molar-refractivity contribution in [2.75, 3.05) is 24.8 Å². The summed E-state index contributed by atoms with van der Waals surface area (Å²) in [6.45, 7) is 2.96. The lowest BCUT2D eigenvalue weighted by Gasteiger charge is -2.23. The monoisotopic (exact) mass is 377 g/mol. The lowest BCUT2D eigenvalue weighted by Crippen LogP contribution is -2.32. The summed E-state index contributed by atoms with van der Waals surface area (Å²) in [5, 5.41) is 15.2. The predicted molar refractivity (Wildman–Crippen MR) is 98.6 cm³/mol. The average Bonchev–Trinajstić information content (AvgIpc) is 3.16. The molecule has 8 nitrogen and oxygen atoms in total. The number of benzene rings is 1.